The summed E-state index contributed by atoms with van der Waals surface area (Å²) in [5, 5.41) is 2.47. The van der Waals surface area contributed by atoms with Crippen LogP contribution in [-0.2, 0) is 30.5 Å². The number of nitrogens with one attached hydrogen (secondary N) is 1. The number of nitrogens with zero attached hydrogens (tertiary/aromatic N) is 2. The van der Waals surface area contributed by atoms with Gasteiger partial charge >= 0.3 is 0 Å². The fraction of sp³-hybridized carbons (Fsp3) is 0.593. The molecule has 2 aromatic rings. The van der Waals surface area contributed by atoms with Crippen LogP contribution in [0.25, 0.3) is 11.3 Å². The predicted octanol–water partition coefficient (Wildman–Crippen LogP) is 4.38. The first-order valence-corrected chi connectivity index (χ1v) is 14.4. The minimum Gasteiger partial charge on any atom is -0.381 e. The van der Waals surface area contributed by atoms with E-state index in [-0.39, 0.29) is 43.8 Å². The lowest BCUT2D eigenvalue weighted by Gasteiger charge is -2.34. The average molecular weight is 554 g/mol. The molecule has 0 aliphatic carbocycles. The van der Waals surface area contributed by atoms with Crippen molar-refractivity contribution in [2.45, 2.75) is 80.5 Å². The Morgan fingerprint density at radius 2 is 1.79 bits per heavy atom. The van der Waals surface area contributed by atoms with Gasteiger partial charge in [-0.05, 0) is 64.5 Å². The van der Waals surface area contributed by atoms with Crippen LogP contribution >= 0.6 is 0 Å². The third-order valence-electron chi connectivity index (χ3n) is 6.85. The van der Waals surface area contributed by atoms with Crippen LogP contribution in [0, 0.1) is 0 Å². The number of benzene rings is 1. The van der Waals surface area contributed by atoms with Crippen LogP contribution in [0.5, 0.6) is 0 Å². The van der Waals surface area contributed by atoms with Crippen molar-refractivity contribution in [3.8, 4) is 11.3 Å². The first-order valence-electron chi connectivity index (χ1n) is 12.9. The molecular weight excluding hydrogens is 516 g/mol. The maximum Gasteiger partial charge on any atom is 0.245 e. The highest BCUT2D eigenvalue weighted by atomic mass is 32.2. The van der Waals surface area contributed by atoms with E-state index in [9.17, 15) is 22.0 Å². The number of hydrogen-bond acceptors (Lipinski definition) is 7. The summed E-state index contributed by atoms with van der Waals surface area (Å²) in [4.78, 5) is 21.0. The van der Waals surface area contributed by atoms with E-state index in [1.54, 1.807) is 12.1 Å². The van der Waals surface area contributed by atoms with Gasteiger partial charge in [0.2, 0.25) is 11.8 Å². The van der Waals surface area contributed by atoms with E-state index in [2.05, 4.69) is 22.2 Å². The molecule has 1 amide bonds. The lowest BCUT2D eigenvalue weighted by atomic mass is 9.98. The van der Waals surface area contributed by atoms with Crippen LogP contribution in [0.1, 0.15) is 58.1 Å². The van der Waals surface area contributed by atoms with E-state index in [1.165, 1.54) is 50.8 Å². The second kappa shape index (κ2) is 13.0. The van der Waals surface area contributed by atoms with Gasteiger partial charge < -0.3 is 14.8 Å². The van der Waals surface area contributed by atoms with E-state index < -0.39 is 26.4 Å². The highest BCUT2D eigenvalue weighted by Crippen LogP contribution is 2.36. The number of aryl methyl sites for hydroxylation is 1. The van der Waals surface area contributed by atoms with Crippen LogP contribution in [0.2, 0.25) is 0 Å². The van der Waals surface area contributed by atoms with Crippen LogP contribution < -0.4 is 5.32 Å². The normalized spacial score (nSPS) is 19.7. The van der Waals surface area contributed by atoms with Crippen molar-refractivity contribution >= 4 is 15.7 Å². The Kier molecular flexibility index (Phi) is 10.3. The van der Waals surface area contributed by atoms with E-state index in [0.29, 0.717) is 23.1 Å². The minimum atomic E-state index is -3.96. The molecule has 0 radical (unpaired) electrons. The number of hydrogen-bond donors (Lipinski definition) is 1. The molecule has 2 fully saturated rings. The summed E-state index contributed by atoms with van der Waals surface area (Å²) in [5.74, 6) is -3.31. The van der Waals surface area contributed by atoms with Crippen molar-refractivity contribution in [2.75, 3.05) is 26.9 Å². The van der Waals surface area contributed by atoms with Crippen molar-refractivity contribution in [3.05, 3.63) is 42.4 Å². The number of sulfone groups is 1. The van der Waals surface area contributed by atoms with Crippen molar-refractivity contribution in [1.29, 1.82) is 0 Å². The Morgan fingerprint density at radius 3 is 2.26 bits per heavy atom. The molecule has 2 aliphatic heterocycles. The molecule has 4 rings (SSSR count). The van der Waals surface area contributed by atoms with Crippen molar-refractivity contribution < 1.29 is 31.5 Å². The van der Waals surface area contributed by atoms with E-state index in [4.69, 9.17) is 9.47 Å². The van der Waals surface area contributed by atoms with Gasteiger partial charge in [0, 0.05) is 45.0 Å². The second-order valence-electron chi connectivity index (χ2n) is 9.85. The summed E-state index contributed by atoms with van der Waals surface area (Å²) in [6.07, 6.45) is 7.30. The minimum absolute atomic E-state index is 0.0384. The molecule has 2 aliphatic rings. The first kappa shape index (κ1) is 30.0. The Bertz CT molecular complexity index is 1140. The quantitative estimate of drug-likeness (QED) is 0.542. The molecule has 38 heavy (non-hydrogen) atoms. The highest BCUT2D eigenvalue weighted by molar-refractivity contribution is 7.93. The van der Waals surface area contributed by atoms with Crippen LogP contribution in [0.15, 0.2) is 41.6 Å². The summed E-state index contributed by atoms with van der Waals surface area (Å²) in [7, 11) is -2.54. The van der Waals surface area contributed by atoms with Crippen LogP contribution in [0.4, 0.5) is 8.78 Å². The van der Waals surface area contributed by atoms with Crippen molar-refractivity contribution in [3.63, 3.8) is 0 Å². The van der Waals surface area contributed by atoms with E-state index >= 15 is 0 Å². The Labute approximate surface area is 223 Å². The van der Waals surface area contributed by atoms with Gasteiger partial charge in [-0.2, -0.15) is 0 Å². The summed E-state index contributed by atoms with van der Waals surface area (Å²) in [6, 6.07) is 6.07. The fourth-order valence-corrected chi connectivity index (χ4v) is 6.46. The lowest BCUT2D eigenvalue weighted by Crippen LogP contribution is -2.54. The number of amides is 1. The third-order valence-corrected chi connectivity index (χ3v) is 9.36. The maximum absolute atomic E-state index is 13.3. The monoisotopic (exact) mass is 553 g/mol. The van der Waals surface area contributed by atoms with Gasteiger partial charge in [0.15, 0.2) is 14.6 Å². The average Bonchev–Trinajstić information content (AvgIpc) is 2.92. The first-order chi connectivity index (χ1) is 18.0. The lowest BCUT2D eigenvalue weighted by molar-refractivity contribution is -0.125. The van der Waals surface area contributed by atoms with Gasteiger partial charge in [-0.25, -0.2) is 17.2 Å². The molecule has 11 heteroatoms. The Morgan fingerprint density at radius 1 is 1.11 bits per heavy atom. The molecule has 1 atom stereocenters. The zero-order chi connectivity index (χ0) is 27.8. The predicted molar refractivity (Wildman–Crippen MR) is 140 cm³/mol. The van der Waals surface area contributed by atoms with Gasteiger partial charge in [-0.3, -0.25) is 14.8 Å². The van der Waals surface area contributed by atoms with Gasteiger partial charge in [-0.15, -0.1) is 0 Å². The highest BCUT2D eigenvalue weighted by Gasteiger charge is 2.51. The molecule has 3 heterocycles. The summed E-state index contributed by atoms with van der Waals surface area (Å²) >= 11 is 0. The SMILES string of the molecule is CC1CCCCO1.CNC(=O)C1(S(=O)(=O)c2ccc(-c3cnc(CCC(C)(F)F)cn3)cc2)CCOCC1. The zero-order valence-electron chi connectivity index (χ0n) is 22.2. The fourth-order valence-electron chi connectivity index (χ4n) is 4.46. The van der Waals surface area contributed by atoms with Gasteiger partial charge in [0.05, 0.1) is 28.6 Å². The van der Waals surface area contributed by atoms with Crippen LogP contribution in [0.3, 0.4) is 0 Å². The molecular formula is C27H37F2N3O5S. The molecule has 1 unspecified atom stereocenters. The third kappa shape index (κ3) is 7.54. The molecule has 1 aromatic carbocycles. The Balaban J connectivity index is 0.000000494. The summed E-state index contributed by atoms with van der Waals surface area (Å²) < 4.78 is 61.7. The molecule has 210 valence electrons. The topological polar surface area (TPSA) is 107 Å². The molecule has 1 N–H and O–H groups in total. The smallest absolute Gasteiger partial charge is 0.245 e. The van der Waals surface area contributed by atoms with E-state index in [0.717, 1.165) is 13.5 Å². The van der Waals surface area contributed by atoms with Crippen LogP contribution in [-0.4, -0.2) is 67.9 Å². The molecule has 2 saturated heterocycles. The van der Waals surface area contributed by atoms with E-state index in [1.807, 2.05) is 0 Å². The summed E-state index contributed by atoms with van der Waals surface area (Å²) in [5.41, 5.74) is 1.57. The molecule has 0 saturated carbocycles. The maximum atomic E-state index is 13.3. The number of rotatable bonds is 7. The number of alkyl halides is 2. The number of ether oxygens (including phenoxy) is 2. The molecule has 1 aromatic heterocycles. The Hall–Kier alpha value is -2.50. The number of halogens is 2. The molecule has 8 nitrogen and oxygen atoms in total. The van der Waals surface area contributed by atoms with Crippen molar-refractivity contribution in [2.24, 2.45) is 0 Å². The summed E-state index contributed by atoms with van der Waals surface area (Å²) in [6.45, 7) is 4.37. The van der Waals surface area contributed by atoms with Gasteiger partial charge in [0.1, 0.15) is 0 Å². The second-order valence-corrected chi connectivity index (χ2v) is 12.1. The van der Waals surface area contributed by atoms with Crippen molar-refractivity contribution in [1.82, 2.24) is 15.3 Å². The number of carbonyl (C=O) groups is 1. The number of carbonyl (C=O) groups excluding carboxylic acids is 1. The molecule has 0 bridgehead atoms. The number of aromatic nitrogens is 2. The largest absolute Gasteiger partial charge is 0.381 e. The zero-order valence-corrected chi connectivity index (χ0v) is 23.0. The molecule has 0 spiro atoms. The standard InChI is InChI=1S/C21H25F2N3O4S.C6H12O/c1-20(22,23)8-7-16-13-26-18(14-25-16)15-3-5-17(6-4-15)31(28,29)21(19(27)24-2)9-11-30-12-10-21;1-6-4-2-3-5-7-6/h3-6,13-14H,7-12H2,1-2H3,(H,24,27);6H,2-5H2,1H3. The van der Waals surface area contributed by atoms with Gasteiger partial charge in [0.25, 0.3) is 0 Å². The van der Waals surface area contributed by atoms with Gasteiger partial charge in [-0.1, -0.05) is 12.1 Å².